The molecular formula is C6H10NO. The Labute approximate surface area is 49.3 Å². The summed E-state index contributed by atoms with van der Waals surface area (Å²) in [5, 5.41) is 8.75. The average Bonchev–Trinajstić information content (AvgIpc) is 1.84. The van der Waals surface area contributed by atoms with E-state index in [0.717, 1.165) is 0 Å². The Morgan fingerprint density at radius 1 is 1.38 bits per heavy atom. The lowest BCUT2D eigenvalue weighted by atomic mass is 10.2. The van der Waals surface area contributed by atoms with Gasteiger partial charge in [-0.2, -0.15) is 0 Å². The van der Waals surface area contributed by atoms with Gasteiger partial charge in [0.2, 0.25) is 0 Å². The number of hydrogen-bond acceptors (Lipinski definition) is 1. The second kappa shape index (κ2) is 3.41. The molecule has 0 aromatic carbocycles. The highest BCUT2D eigenvalue weighted by Crippen LogP contribution is 1.91. The highest BCUT2D eigenvalue weighted by Gasteiger charge is 2.04. The molecule has 2 nitrogen and oxygen atoms in total. The largest absolute Gasteiger partial charge is 0.387 e. The maximum Gasteiger partial charge on any atom is 0.0920 e. The minimum atomic E-state index is -0.771. The van der Waals surface area contributed by atoms with E-state index < -0.39 is 12.1 Å². The number of hydrogen-bond donors (Lipinski definition) is 1. The first kappa shape index (κ1) is 7.40. The van der Waals surface area contributed by atoms with E-state index in [4.69, 9.17) is 10.8 Å². The van der Waals surface area contributed by atoms with Crippen LogP contribution in [0.25, 0.3) is 0 Å². The van der Waals surface area contributed by atoms with Gasteiger partial charge in [0.15, 0.2) is 0 Å². The fourth-order valence-electron chi connectivity index (χ4n) is 0.286. The van der Waals surface area contributed by atoms with E-state index in [1.807, 2.05) is 0 Å². The summed E-state index contributed by atoms with van der Waals surface area (Å²) in [6, 6.07) is -0.632. The predicted octanol–water partition coefficient (Wildman–Crippen LogP) is 0.371. The first-order valence-corrected chi connectivity index (χ1v) is 2.36. The molecule has 0 aliphatic heterocycles. The van der Waals surface area contributed by atoms with Gasteiger partial charge in [0.05, 0.1) is 12.1 Å². The highest BCUT2D eigenvalue weighted by molar-refractivity contribution is 4.95. The SMILES string of the molecule is C=CC([NH])C(O)C=C. The van der Waals surface area contributed by atoms with E-state index in [0.29, 0.717) is 0 Å². The topological polar surface area (TPSA) is 44.0 Å². The van der Waals surface area contributed by atoms with Crippen LogP contribution < -0.4 is 5.73 Å². The summed E-state index contributed by atoms with van der Waals surface area (Å²) >= 11 is 0. The van der Waals surface area contributed by atoms with Crippen LogP contribution in [-0.4, -0.2) is 17.3 Å². The van der Waals surface area contributed by atoms with Crippen molar-refractivity contribution in [1.29, 1.82) is 0 Å². The van der Waals surface area contributed by atoms with E-state index in [1.54, 1.807) is 0 Å². The summed E-state index contributed by atoms with van der Waals surface area (Å²) in [6.07, 6.45) is 1.92. The van der Waals surface area contributed by atoms with E-state index in [1.165, 1.54) is 12.2 Å². The van der Waals surface area contributed by atoms with E-state index in [2.05, 4.69) is 13.2 Å². The summed E-state index contributed by atoms with van der Waals surface area (Å²) in [4.78, 5) is 0. The molecule has 0 aromatic heterocycles. The Morgan fingerprint density at radius 3 is 2.00 bits per heavy atom. The Morgan fingerprint density at radius 2 is 1.88 bits per heavy atom. The fourth-order valence-corrected chi connectivity index (χ4v) is 0.286. The molecule has 1 radical (unpaired) electrons. The van der Waals surface area contributed by atoms with E-state index >= 15 is 0 Å². The average molecular weight is 112 g/mol. The van der Waals surface area contributed by atoms with Crippen molar-refractivity contribution in [2.45, 2.75) is 12.1 Å². The second-order valence-electron chi connectivity index (χ2n) is 1.49. The smallest absolute Gasteiger partial charge is 0.0920 e. The van der Waals surface area contributed by atoms with Crippen molar-refractivity contribution in [3.63, 3.8) is 0 Å². The van der Waals surface area contributed by atoms with Gasteiger partial charge in [-0.05, 0) is 0 Å². The van der Waals surface area contributed by atoms with Gasteiger partial charge in [-0.3, -0.25) is 0 Å². The molecule has 2 N–H and O–H groups in total. The lowest BCUT2D eigenvalue weighted by Gasteiger charge is -2.06. The molecule has 0 saturated carbocycles. The third-order valence-corrected chi connectivity index (χ3v) is 0.863. The molecule has 0 bridgehead atoms. The van der Waals surface area contributed by atoms with Gasteiger partial charge >= 0.3 is 0 Å². The first-order chi connectivity index (χ1) is 3.72. The number of nitrogens with one attached hydrogen (secondary N) is 1. The van der Waals surface area contributed by atoms with Crippen molar-refractivity contribution in [2.75, 3.05) is 0 Å². The van der Waals surface area contributed by atoms with Crippen LogP contribution in [0.4, 0.5) is 0 Å². The van der Waals surface area contributed by atoms with Crippen LogP contribution in [0.2, 0.25) is 0 Å². The third kappa shape index (κ3) is 1.91. The van der Waals surface area contributed by atoms with Gasteiger partial charge < -0.3 is 5.11 Å². The van der Waals surface area contributed by atoms with Crippen LogP contribution in [0, 0.1) is 0 Å². The molecule has 2 heteroatoms. The predicted molar refractivity (Wildman–Crippen MR) is 33.3 cm³/mol. The molecule has 0 saturated heterocycles. The third-order valence-electron chi connectivity index (χ3n) is 0.863. The minimum Gasteiger partial charge on any atom is -0.387 e. The van der Waals surface area contributed by atoms with E-state index in [-0.39, 0.29) is 0 Å². The molecule has 0 amide bonds. The second-order valence-corrected chi connectivity index (χ2v) is 1.49. The summed E-state index contributed by atoms with van der Waals surface area (Å²) in [7, 11) is 0. The van der Waals surface area contributed by atoms with Gasteiger partial charge in [0.25, 0.3) is 0 Å². The monoisotopic (exact) mass is 112 g/mol. The quantitative estimate of drug-likeness (QED) is 0.527. The Balaban J connectivity index is 3.60. The van der Waals surface area contributed by atoms with Crippen molar-refractivity contribution in [3.8, 4) is 0 Å². The Bertz CT molecular complexity index is 78.5. The molecule has 0 spiro atoms. The van der Waals surface area contributed by atoms with Crippen molar-refractivity contribution in [2.24, 2.45) is 0 Å². The van der Waals surface area contributed by atoms with Crippen molar-refractivity contribution < 1.29 is 5.11 Å². The molecule has 0 heterocycles. The minimum absolute atomic E-state index is 0.632. The zero-order valence-electron chi connectivity index (χ0n) is 4.67. The van der Waals surface area contributed by atoms with Crippen molar-refractivity contribution in [3.05, 3.63) is 25.3 Å². The number of rotatable bonds is 3. The maximum atomic E-state index is 8.75. The maximum absolute atomic E-state index is 8.75. The van der Waals surface area contributed by atoms with Gasteiger partial charge in [-0.25, -0.2) is 5.73 Å². The Kier molecular flexibility index (Phi) is 3.15. The van der Waals surface area contributed by atoms with Crippen LogP contribution >= 0.6 is 0 Å². The van der Waals surface area contributed by atoms with Crippen molar-refractivity contribution in [1.82, 2.24) is 5.73 Å². The molecule has 0 aliphatic rings. The summed E-state index contributed by atoms with van der Waals surface area (Å²) < 4.78 is 0. The molecule has 0 aliphatic carbocycles. The standard InChI is InChI=1S/C6H10NO/c1-3-5(7)6(8)4-2/h3-8H,1-2H2. The van der Waals surface area contributed by atoms with Crippen LogP contribution in [0.5, 0.6) is 0 Å². The molecular weight excluding hydrogens is 102 g/mol. The number of aliphatic hydroxyl groups is 1. The molecule has 0 fully saturated rings. The lowest BCUT2D eigenvalue weighted by molar-refractivity contribution is 0.206. The van der Waals surface area contributed by atoms with Gasteiger partial charge in [-0.15, -0.1) is 13.2 Å². The van der Waals surface area contributed by atoms with Gasteiger partial charge in [0, 0.05) is 0 Å². The molecule has 8 heavy (non-hydrogen) atoms. The number of aliphatic hydroxyl groups excluding tert-OH is 1. The summed E-state index contributed by atoms with van der Waals surface area (Å²) in [5.74, 6) is 0. The molecule has 0 rings (SSSR count). The van der Waals surface area contributed by atoms with Gasteiger partial charge in [-0.1, -0.05) is 12.2 Å². The first-order valence-electron chi connectivity index (χ1n) is 2.36. The summed E-state index contributed by atoms with van der Waals surface area (Å²) in [5.41, 5.74) is 6.99. The molecule has 45 valence electrons. The summed E-state index contributed by atoms with van der Waals surface area (Å²) in [6.45, 7) is 6.65. The highest BCUT2D eigenvalue weighted by atomic mass is 16.3. The van der Waals surface area contributed by atoms with Crippen LogP contribution in [-0.2, 0) is 0 Å². The Hall–Kier alpha value is -0.600. The van der Waals surface area contributed by atoms with Crippen LogP contribution in [0.3, 0.4) is 0 Å². The van der Waals surface area contributed by atoms with Crippen molar-refractivity contribution >= 4 is 0 Å². The molecule has 2 unspecified atom stereocenters. The lowest BCUT2D eigenvalue weighted by Crippen LogP contribution is -2.21. The van der Waals surface area contributed by atoms with Crippen LogP contribution in [0.1, 0.15) is 0 Å². The van der Waals surface area contributed by atoms with E-state index in [9.17, 15) is 0 Å². The fraction of sp³-hybridized carbons (Fsp3) is 0.333. The zero-order valence-corrected chi connectivity index (χ0v) is 4.67. The van der Waals surface area contributed by atoms with Gasteiger partial charge in [0.1, 0.15) is 0 Å². The normalized spacial score (nSPS) is 16.8. The molecule has 0 aromatic rings. The molecule has 2 atom stereocenters. The van der Waals surface area contributed by atoms with Crippen LogP contribution in [0.15, 0.2) is 25.3 Å². The zero-order chi connectivity index (χ0) is 6.57.